The second kappa shape index (κ2) is 9.49. The molecule has 134 valence electrons. The van der Waals surface area contributed by atoms with Gasteiger partial charge < -0.3 is 15.2 Å². The molecule has 2 rings (SSSR count). The van der Waals surface area contributed by atoms with Crippen molar-refractivity contribution in [1.29, 1.82) is 0 Å². The zero-order valence-electron chi connectivity index (χ0n) is 14.9. The number of hydrogen-bond acceptors (Lipinski definition) is 5. The summed E-state index contributed by atoms with van der Waals surface area (Å²) in [5.74, 6) is 1.11. The van der Waals surface area contributed by atoms with E-state index in [4.69, 9.17) is 4.74 Å². The average molecular weight is 359 g/mol. The Kier molecular flexibility index (Phi) is 7.34. The predicted octanol–water partition coefficient (Wildman–Crippen LogP) is 3.92. The minimum absolute atomic E-state index is 0.0339. The molecule has 0 saturated carbocycles. The van der Waals surface area contributed by atoms with Crippen LogP contribution in [0.5, 0.6) is 11.5 Å². The molecule has 0 spiro atoms. The first kappa shape index (κ1) is 19.3. The molecule has 0 radical (unpaired) electrons. The van der Waals surface area contributed by atoms with Gasteiger partial charge in [0, 0.05) is 16.5 Å². The minimum atomic E-state index is 0.0339. The second-order valence-corrected chi connectivity index (χ2v) is 6.83. The fourth-order valence-electron chi connectivity index (χ4n) is 2.50. The van der Waals surface area contributed by atoms with E-state index in [0.717, 1.165) is 23.5 Å². The molecule has 1 atom stereocenters. The summed E-state index contributed by atoms with van der Waals surface area (Å²) in [6, 6.07) is 13.3. The number of benzene rings is 2. The molecule has 0 aromatic heterocycles. The first-order valence-electron chi connectivity index (χ1n) is 8.30. The van der Waals surface area contributed by atoms with Crippen LogP contribution in [-0.4, -0.2) is 36.8 Å². The summed E-state index contributed by atoms with van der Waals surface area (Å²) in [4.78, 5) is 13.0. The van der Waals surface area contributed by atoms with Crippen molar-refractivity contribution in [1.82, 2.24) is 5.32 Å². The van der Waals surface area contributed by atoms with Gasteiger partial charge in [0.15, 0.2) is 5.78 Å². The van der Waals surface area contributed by atoms with Crippen molar-refractivity contribution in [2.45, 2.75) is 30.7 Å². The summed E-state index contributed by atoms with van der Waals surface area (Å²) < 4.78 is 5.16. The third-order valence-electron chi connectivity index (χ3n) is 4.14. The Morgan fingerprint density at radius 2 is 1.96 bits per heavy atom. The Balaban J connectivity index is 1.80. The van der Waals surface area contributed by atoms with Gasteiger partial charge in [0.05, 0.1) is 13.7 Å². The molecule has 1 unspecified atom stereocenters. The molecule has 0 amide bonds. The van der Waals surface area contributed by atoms with Crippen LogP contribution in [0.25, 0.3) is 0 Å². The number of methoxy groups -OCH3 is 1. The molecular formula is C20H25NO3S. The fraction of sp³-hybridized carbons (Fsp3) is 0.350. The molecule has 0 aliphatic heterocycles. The first-order valence-corrected chi connectivity index (χ1v) is 9.52. The zero-order chi connectivity index (χ0) is 18.2. The molecule has 0 bridgehead atoms. The van der Waals surface area contributed by atoms with Crippen molar-refractivity contribution >= 4 is 17.5 Å². The molecule has 0 saturated heterocycles. The van der Waals surface area contributed by atoms with E-state index in [2.05, 4.69) is 24.4 Å². The Morgan fingerprint density at radius 3 is 2.60 bits per heavy atom. The first-order chi connectivity index (χ1) is 12.0. The third kappa shape index (κ3) is 5.80. The van der Waals surface area contributed by atoms with E-state index >= 15 is 0 Å². The zero-order valence-corrected chi connectivity index (χ0v) is 15.7. The molecule has 2 N–H and O–H groups in total. The number of carbonyl (C=O) groups is 1. The lowest BCUT2D eigenvalue weighted by Gasteiger charge is -2.14. The predicted molar refractivity (Wildman–Crippen MR) is 103 cm³/mol. The van der Waals surface area contributed by atoms with Crippen molar-refractivity contribution in [3.63, 3.8) is 0 Å². The molecule has 2 aromatic carbocycles. The van der Waals surface area contributed by atoms with Gasteiger partial charge in [0.25, 0.3) is 0 Å². The van der Waals surface area contributed by atoms with E-state index in [0.29, 0.717) is 12.1 Å². The van der Waals surface area contributed by atoms with Gasteiger partial charge in [-0.1, -0.05) is 12.1 Å². The monoisotopic (exact) mass is 359 g/mol. The highest BCUT2D eigenvalue weighted by atomic mass is 32.2. The number of ketones is 1. The van der Waals surface area contributed by atoms with Crippen LogP contribution < -0.4 is 10.1 Å². The number of aryl methyl sites for hydroxylation is 1. The fourth-order valence-corrected chi connectivity index (χ4v) is 3.02. The van der Waals surface area contributed by atoms with Crippen LogP contribution in [0.2, 0.25) is 0 Å². The lowest BCUT2D eigenvalue weighted by atomic mass is 10.1. The van der Waals surface area contributed by atoms with Gasteiger partial charge in [-0.2, -0.15) is 0 Å². The maximum absolute atomic E-state index is 12.3. The van der Waals surface area contributed by atoms with Gasteiger partial charge >= 0.3 is 0 Å². The number of Topliss-reactive ketones (excluding diaryl/α,β-unsaturated/α-hetero) is 1. The number of aromatic hydroxyl groups is 1. The molecular weight excluding hydrogens is 334 g/mol. The molecule has 0 fully saturated rings. The second-order valence-electron chi connectivity index (χ2n) is 5.98. The van der Waals surface area contributed by atoms with Crippen LogP contribution in [0, 0.1) is 0 Å². The third-order valence-corrected chi connectivity index (χ3v) is 4.90. The Morgan fingerprint density at radius 1 is 1.24 bits per heavy atom. The highest BCUT2D eigenvalue weighted by molar-refractivity contribution is 7.98. The Bertz CT molecular complexity index is 701. The van der Waals surface area contributed by atoms with Gasteiger partial charge in [-0.15, -0.1) is 11.8 Å². The van der Waals surface area contributed by atoms with Gasteiger partial charge in [0.2, 0.25) is 0 Å². The van der Waals surface area contributed by atoms with Crippen LogP contribution >= 0.6 is 11.8 Å². The number of thioether (sulfide) groups is 1. The molecule has 2 aromatic rings. The normalized spacial score (nSPS) is 12.0. The number of ether oxygens (including phenoxy) is 1. The van der Waals surface area contributed by atoms with Crippen molar-refractivity contribution in [2.24, 2.45) is 0 Å². The Labute approximate surface area is 153 Å². The van der Waals surface area contributed by atoms with Crippen LogP contribution in [0.15, 0.2) is 47.4 Å². The van der Waals surface area contributed by atoms with Crippen molar-refractivity contribution < 1.29 is 14.6 Å². The number of phenols is 1. The summed E-state index contributed by atoms with van der Waals surface area (Å²) in [5, 5.41) is 13.0. The van der Waals surface area contributed by atoms with Crippen molar-refractivity contribution in [3.8, 4) is 11.5 Å². The van der Waals surface area contributed by atoms with Gasteiger partial charge in [-0.3, -0.25) is 4.79 Å². The number of phenolic OH excluding ortho intramolecular Hbond substituents is 1. The van der Waals surface area contributed by atoms with Gasteiger partial charge in [-0.05, 0) is 61.9 Å². The van der Waals surface area contributed by atoms with Crippen LogP contribution in [-0.2, 0) is 6.42 Å². The largest absolute Gasteiger partial charge is 0.507 e. The maximum atomic E-state index is 12.3. The summed E-state index contributed by atoms with van der Waals surface area (Å²) in [7, 11) is 1.66. The minimum Gasteiger partial charge on any atom is -0.507 e. The molecule has 0 heterocycles. The summed E-state index contributed by atoms with van der Waals surface area (Å²) in [6.07, 6.45) is 3.77. The van der Waals surface area contributed by atoms with Crippen LogP contribution in [0.3, 0.4) is 0 Å². The topological polar surface area (TPSA) is 58.6 Å². The molecule has 0 aliphatic rings. The van der Waals surface area contributed by atoms with Gasteiger partial charge in [0.1, 0.15) is 11.5 Å². The van der Waals surface area contributed by atoms with E-state index in [9.17, 15) is 9.90 Å². The number of carbonyl (C=O) groups excluding carboxylic acids is 1. The van der Waals surface area contributed by atoms with Crippen LogP contribution in [0.4, 0.5) is 0 Å². The summed E-state index contributed by atoms with van der Waals surface area (Å²) in [6.45, 7) is 2.38. The number of hydrogen-bond donors (Lipinski definition) is 2. The van der Waals surface area contributed by atoms with Gasteiger partial charge in [-0.25, -0.2) is 0 Å². The quantitative estimate of drug-likeness (QED) is 0.525. The van der Waals surface area contributed by atoms with E-state index in [1.54, 1.807) is 25.3 Å². The van der Waals surface area contributed by atoms with E-state index in [1.807, 2.05) is 18.4 Å². The molecule has 4 nitrogen and oxygen atoms in total. The highest BCUT2D eigenvalue weighted by Gasteiger charge is 2.11. The van der Waals surface area contributed by atoms with Crippen LogP contribution in [0.1, 0.15) is 29.3 Å². The summed E-state index contributed by atoms with van der Waals surface area (Å²) >= 11 is 1.43. The average Bonchev–Trinajstić information content (AvgIpc) is 2.65. The number of rotatable bonds is 9. The van der Waals surface area contributed by atoms with Crippen molar-refractivity contribution in [2.75, 3.05) is 19.9 Å². The lowest BCUT2D eigenvalue weighted by Crippen LogP contribution is -2.31. The maximum Gasteiger partial charge on any atom is 0.176 e. The smallest absolute Gasteiger partial charge is 0.176 e. The molecule has 0 aliphatic carbocycles. The SMILES string of the molecule is COc1ccc(CCC(C)NCC(=O)c2ccc(O)c(SC)c2)cc1. The molecule has 5 heteroatoms. The lowest BCUT2D eigenvalue weighted by molar-refractivity contribution is 0.0987. The molecule has 25 heavy (non-hydrogen) atoms. The Hall–Kier alpha value is -1.98. The van der Waals surface area contributed by atoms with E-state index < -0.39 is 0 Å². The standard InChI is InChI=1S/C20H25NO3S/c1-14(4-5-15-6-9-17(24-2)10-7-15)21-13-19(23)16-8-11-18(22)20(12-16)25-3/h6-12,14,21-22H,4-5,13H2,1-3H3. The summed E-state index contributed by atoms with van der Waals surface area (Å²) in [5.41, 5.74) is 1.88. The highest BCUT2D eigenvalue weighted by Crippen LogP contribution is 2.27. The number of nitrogens with one attached hydrogen (secondary N) is 1. The van der Waals surface area contributed by atoms with E-state index in [1.165, 1.54) is 17.3 Å². The van der Waals surface area contributed by atoms with Crippen molar-refractivity contribution in [3.05, 3.63) is 53.6 Å². The van der Waals surface area contributed by atoms with E-state index in [-0.39, 0.29) is 17.6 Å².